The molecule has 3 atom stereocenters. The summed E-state index contributed by atoms with van der Waals surface area (Å²) in [5, 5.41) is 12.4. The highest BCUT2D eigenvalue weighted by Gasteiger charge is 2.29. The van der Waals surface area contributed by atoms with Crippen molar-refractivity contribution in [2.75, 3.05) is 13.1 Å². The van der Waals surface area contributed by atoms with Gasteiger partial charge < -0.3 is 15.3 Å². The molecule has 2 rings (SSSR count). The molecule has 2 N–H and O–H groups in total. The molecular weight excluding hydrogens is 304 g/mol. The number of carbonyl (C=O) groups excluding carboxylic acids is 2. The maximum atomic E-state index is 12.5. The molecule has 0 radical (unpaired) electrons. The predicted octanol–water partition coefficient (Wildman–Crippen LogP) is 1.82. The summed E-state index contributed by atoms with van der Waals surface area (Å²) in [6.07, 6.45) is 4.56. The summed E-state index contributed by atoms with van der Waals surface area (Å²) in [7, 11) is 0. The smallest absolute Gasteiger partial charge is 0.244 e. The van der Waals surface area contributed by atoms with E-state index < -0.39 is 12.1 Å². The Bertz CT molecular complexity index is 584. The Hall–Kier alpha value is -2.14. The molecule has 0 saturated carbocycles. The largest absolute Gasteiger partial charge is 0.393 e. The Morgan fingerprint density at radius 2 is 2.00 bits per heavy atom. The molecule has 1 aliphatic rings. The first-order valence-electron chi connectivity index (χ1n) is 8.48. The third-order valence-corrected chi connectivity index (χ3v) is 4.41. The van der Waals surface area contributed by atoms with E-state index in [1.165, 1.54) is 6.08 Å². The van der Waals surface area contributed by atoms with Crippen molar-refractivity contribution >= 4 is 17.9 Å². The van der Waals surface area contributed by atoms with Gasteiger partial charge >= 0.3 is 0 Å². The fraction of sp³-hybridized carbons (Fsp3) is 0.474. The molecule has 0 bridgehead atoms. The Labute approximate surface area is 143 Å². The van der Waals surface area contributed by atoms with Gasteiger partial charge in [-0.1, -0.05) is 30.3 Å². The maximum Gasteiger partial charge on any atom is 0.244 e. The van der Waals surface area contributed by atoms with E-state index in [2.05, 4.69) is 5.32 Å². The van der Waals surface area contributed by atoms with Crippen LogP contribution in [0.15, 0.2) is 36.4 Å². The van der Waals surface area contributed by atoms with Gasteiger partial charge in [0.2, 0.25) is 11.8 Å². The summed E-state index contributed by atoms with van der Waals surface area (Å²) < 4.78 is 0. The molecule has 1 aliphatic heterocycles. The third-order valence-electron chi connectivity index (χ3n) is 4.41. The number of rotatable bonds is 5. The van der Waals surface area contributed by atoms with Crippen LogP contribution in [0.5, 0.6) is 0 Å². The van der Waals surface area contributed by atoms with E-state index in [0.29, 0.717) is 13.1 Å². The summed E-state index contributed by atoms with van der Waals surface area (Å²) in [6.45, 7) is 4.69. The molecular formula is C19H26N2O3. The number of piperidine rings is 1. The van der Waals surface area contributed by atoms with Gasteiger partial charge in [-0.3, -0.25) is 9.59 Å². The second kappa shape index (κ2) is 8.64. The minimum absolute atomic E-state index is 0.0955. The van der Waals surface area contributed by atoms with Crippen LogP contribution in [-0.2, 0) is 9.59 Å². The van der Waals surface area contributed by atoms with Crippen molar-refractivity contribution in [2.24, 2.45) is 5.92 Å². The van der Waals surface area contributed by atoms with Gasteiger partial charge in [0.15, 0.2) is 0 Å². The van der Waals surface area contributed by atoms with Crippen LogP contribution in [-0.4, -0.2) is 47.1 Å². The SMILES string of the molecule is CC(NC(=O)/C=C/c1ccccc1)C(=O)N1CCCC(C(C)O)C1. The zero-order valence-corrected chi connectivity index (χ0v) is 14.3. The molecule has 1 heterocycles. The van der Waals surface area contributed by atoms with E-state index in [1.807, 2.05) is 30.3 Å². The van der Waals surface area contributed by atoms with E-state index >= 15 is 0 Å². The molecule has 130 valence electrons. The van der Waals surface area contributed by atoms with Gasteiger partial charge in [-0.15, -0.1) is 0 Å². The molecule has 1 aromatic carbocycles. The van der Waals surface area contributed by atoms with Gasteiger partial charge in [-0.25, -0.2) is 0 Å². The molecule has 0 aliphatic carbocycles. The second-order valence-corrected chi connectivity index (χ2v) is 6.40. The highest BCUT2D eigenvalue weighted by Crippen LogP contribution is 2.20. The van der Waals surface area contributed by atoms with Gasteiger partial charge in [-0.2, -0.15) is 0 Å². The second-order valence-electron chi connectivity index (χ2n) is 6.40. The van der Waals surface area contributed by atoms with E-state index in [9.17, 15) is 14.7 Å². The van der Waals surface area contributed by atoms with E-state index in [-0.39, 0.29) is 17.7 Å². The number of aliphatic hydroxyl groups excluding tert-OH is 1. The van der Waals surface area contributed by atoms with Crippen molar-refractivity contribution < 1.29 is 14.7 Å². The molecule has 1 aromatic rings. The van der Waals surface area contributed by atoms with Crippen LogP contribution in [0.3, 0.4) is 0 Å². The van der Waals surface area contributed by atoms with Crippen LogP contribution in [0.1, 0.15) is 32.3 Å². The van der Waals surface area contributed by atoms with Crippen molar-refractivity contribution in [3.05, 3.63) is 42.0 Å². The van der Waals surface area contributed by atoms with Crippen LogP contribution in [0.4, 0.5) is 0 Å². The molecule has 0 spiro atoms. The standard InChI is InChI=1S/C19H26N2O3/c1-14(19(24)21-12-6-9-17(13-21)15(2)22)20-18(23)11-10-16-7-4-3-5-8-16/h3-5,7-8,10-11,14-15,17,22H,6,9,12-13H2,1-2H3,(H,20,23)/b11-10+. The Morgan fingerprint density at radius 1 is 1.29 bits per heavy atom. The number of benzene rings is 1. The van der Waals surface area contributed by atoms with E-state index in [1.54, 1.807) is 24.8 Å². The average molecular weight is 330 g/mol. The molecule has 3 unspecified atom stereocenters. The predicted molar refractivity (Wildman–Crippen MR) is 94.1 cm³/mol. The normalized spacial score (nSPS) is 20.6. The number of hydrogen-bond donors (Lipinski definition) is 2. The fourth-order valence-electron chi connectivity index (χ4n) is 2.94. The van der Waals surface area contributed by atoms with Crippen molar-refractivity contribution in [1.29, 1.82) is 0 Å². The first-order chi connectivity index (χ1) is 11.5. The van der Waals surface area contributed by atoms with Crippen molar-refractivity contribution in [3.63, 3.8) is 0 Å². The zero-order valence-electron chi connectivity index (χ0n) is 14.3. The van der Waals surface area contributed by atoms with Crippen LogP contribution in [0, 0.1) is 5.92 Å². The van der Waals surface area contributed by atoms with Gasteiger partial charge in [0.1, 0.15) is 6.04 Å². The number of likely N-dealkylation sites (tertiary alicyclic amines) is 1. The van der Waals surface area contributed by atoms with Gasteiger partial charge in [0.25, 0.3) is 0 Å². The summed E-state index contributed by atoms with van der Waals surface area (Å²) in [4.78, 5) is 26.2. The average Bonchev–Trinajstić information content (AvgIpc) is 2.60. The topological polar surface area (TPSA) is 69.6 Å². The quantitative estimate of drug-likeness (QED) is 0.809. The number of hydrogen-bond acceptors (Lipinski definition) is 3. The molecule has 0 aromatic heterocycles. The van der Waals surface area contributed by atoms with Gasteiger partial charge in [0, 0.05) is 25.1 Å². The van der Waals surface area contributed by atoms with E-state index in [4.69, 9.17) is 0 Å². The summed E-state index contributed by atoms with van der Waals surface area (Å²) in [5.74, 6) is -0.269. The lowest BCUT2D eigenvalue weighted by Crippen LogP contribution is -2.50. The number of nitrogens with zero attached hydrogens (tertiary/aromatic N) is 1. The van der Waals surface area contributed by atoms with E-state index in [0.717, 1.165) is 18.4 Å². The third kappa shape index (κ3) is 5.20. The minimum atomic E-state index is -0.578. The van der Waals surface area contributed by atoms with Crippen LogP contribution >= 0.6 is 0 Å². The van der Waals surface area contributed by atoms with Crippen LogP contribution < -0.4 is 5.32 Å². The Balaban J connectivity index is 1.86. The monoisotopic (exact) mass is 330 g/mol. The maximum absolute atomic E-state index is 12.5. The minimum Gasteiger partial charge on any atom is -0.393 e. The molecule has 1 fully saturated rings. The highest BCUT2D eigenvalue weighted by molar-refractivity contribution is 5.95. The first-order valence-corrected chi connectivity index (χ1v) is 8.48. The van der Waals surface area contributed by atoms with Crippen molar-refractivity contribution in [2.45, 2.75) is 38.8 Å². The van der Waals surface area contributed by atoms with Crippen LogP contribution in [0.25, 0.3) is 6.08 Å². The zero-order chi connectivity index (χ0) is 17.5. The Morgan fingerprint density at radius 3 is 2.67 bits per heavy atom. The summed E-state index contributed by atoms with van der Waals surface area (Å²) in [6, 6.07) is 8.95. The molecule has 5 nitrogen and oxygen atoms in total. The molecule has 24 heavy (non-hydrogen) atoms. The number of aliphatic hydroxyl groups is 1. The molecule has 2 amide bonds. The van der Waals surface area contributed by atoms with Gasteiger partial charge in [0.05, 0.1) is 6.10 Å². The fourth-order valence-corrected chi connectivity index (χ4v) is 2.94. The lowest BCUT2D eigenvalue weighted by molar-refractivity contribution is -0.137. The first kappa shape index (κ1) is 18.2. The molecule has 5 heteroatoms. The van der Waals surface area contributed by atoms with Crippen molar-refractivity contribution in [3.8, 4) is 0 Å². The van der Waals surface area contributed by atoms with Gasteiger partial charge in [-0.05, 0) is 38.3 Å². The molecule has 1 saturated heterocycles. The Kier molecular flexibility index (Phi) is 6.55. The lowest BCUT2D eigenvalue weighted by Gasteiger charge is -2.35. The van der Waals surface area contributed by atoms with Crippen molar-refractivity contribution in [1.82, 2.24) is 10.2 Å². The summed E-state index contributed by atoms with van der Waals surface area (Å²) >= 11 is 0. The lowest BCUT2D eigenvalue weighted by atomic mass is 9.93. The van der Waals surface area contributed by atoms with Crippen LogP contribution in [0.2, 0.25) is 0 Å². The number of carbonyl (C=O) groups is 2. The summed E-state index contributed by atoms with van der Waals surface area (Å²) in [5.41, 5.74) is 0.933. The highest BCUT2D eigenvalue weighted by atomic mass is 16.3. The number of nitrogens with one attached hydrogen (secondary N) is 1. The number of amides is 2.